The van der Waals surface area contributed by atoms with Crippen LogP contribution >= 0.6 is 7.82 Å². The predicted octanol–water partition coefficient (Wildman–Crippen LogP) is 0.811. The molecule has 0 fully saturated rings. The topological polar surface area (TPSA) is 72.4 Å². The first-order chi connectivity index (χ1) is 6.06. The molecule has 14 heavy (non-hydrogen) atoms. The van der Waals surface area contributed by atoms with Gasteiger partial charge < -0.3 is 18.9 Å². The van der Waals surface area contributed by atoms with Crippen LogP contribution in [0.25, 0.3) is 0 Å². The van der Waals surface area contributed by atoms with Crippen molar-refractivity contribution in [2.24, 2.45) is 0 Å². The summed E-state index contributed by atoms with van der Waals surface area (Å²) in [6.07, 6.45) is 6.23. The number of rotatable bonds is 8. The quantitative estimate of drug-likeness (QED) is 0.371. The first-order valence-corrected chi connectivity index (χ1v) is 6.19. The van der Waals surface area contributed by atoms with Crippen LogP contribution in [0.3, 0.4) is 0 Å². The van der Waals surface area contributed by atoms with Crippen LogP contribution in [0.4, 0.5) is 0 Å². The summed E-state index contributed by atoms with van der Waals surface area (Å²) in [6.45, 7) is 2.17. The zero-order chi connectivity index (χ0) is 10.2. The Labute approximate surface area is 126 Å². The van der Waals surface area contributed by atoms with Crippen LogP contribution in [-0.2, 0) is 9.09 Å². The second kappa shape index (κ2) is 11.2. The van der Waals surface area contributed by atoms with Crippen LogP contribution in [0, 0.1) is 0 Å². The number of phosphoric acid groups is 1. The van der Waals surface area contributed by atoms with Gasteiger partial charge in [0.15, 0.2) is 0 Å². The number of hydrogen-bond acceptors (Lipinski definition) is 4. The number of hydrogen-bond donors (Lipinski definition) is 0. The summed E-state index contributed by atoms with van der Waals surface area (Å²) in [5.41, 5.74) is 0. The van der Waals surface area contributed by atoms with Gasteiger partial charge >= 0.3 is 48.9 Å². The van der Waals surface area contributed by atoms with Crippen molar-refractivity contribution < 1.29 is 18.9 Å². The largest absolute Gasteiger partial charge is 2.00 e. The summed E-state index contributed by atoms with van der Waals surface area (Å²) >= 11 is 0. The zero-order valence-corrected chi connectivity index (χ0v) is 14.1. The zero-order valence-electron chi connectivity index (χ0n) is 8.74. The van der Waals surface area contributed by atoms with E-state index in [9.17, 15) is 14.4 Å². The molecule has 0 saturated carbocycles. The summed E-state index contributed by atoms with van der Waals surface area (Å²) in [7, 11) is -4.73. The summed E-state index contributed by atoms with van der Waals surface area (Å²) in [5.74, 6) is 0. The van der Waals surface area contributed by atoms with Gasteiger partial charge in [-0.25, -0.2) is 0 Å². The number of unbranched alkanes of at least 4 members (excludes halogenated alkanes) is 5. The second-order valence-corrected chi connectivity index (χ2v) is 4.20. The van der Waals surface area contributed by atoms with Crippen molar-refractivity contribution in [3.05, 3.63) is 0 Å². The van der Waals surface area contributed by atoms with Gasteiger partial charge in [-0.1, -0.05) is 39.0 Å². The summed E-state index contributed by atoms with van der Waals surface area (Å²) in [4.78, 5) is 20.0. The maximum absolute atomic E-state index is 10.0. The fraction of sp³-hybridized carbons (Fsp3) is 1.00. The van der Waals surface area contributed by atoms with Gasteiger partial charge in [-0.3, -0.25) is 0 Å². The van der Waals surface area contributed by atoms with Gasteiger partial charge in [-0.05, 0) is 6.42 Å². The molecule has 80 valence electrons. The molecule has 0 aliphatic rings. The first-order valence-electron chi connectivity index (χ1n) is 4.73. The molecule has 6 heteroatoms. The van der Waals surface area contributed by atoms with Crippen molar-refractivity contribution >= 4 is 56.7 Å². The van der Waals surface area contributed by atoms with E-state index in [2.05, 4.69) is 11.4 Å². The summed E-state index contributed by atoms with van der Waals surface area (Å²) in [5, 5.41) is 0. The molecule has 0 rings (SSSR count). The Bertz CT molecular complexity index is 159. The molecule has 0 aliphatic carbocycles. The second-order valence-electron chi connectivity index (χ2n) is 3.05. The molecule has 0 heterocycles. The molecule has 0 unspecified atom stereocenters. The fourth-order valence-corrected chi connectivity index (χ4v) is 1.41. The Balaban J connectivity index is 0. The van der Waals surface area contributed by atoms with E-state index in [0.29, 0.717) is 6.42 Å². The van der Waals surface area contributed by atoms with Crippen molar-refractivity contribution in [3.8, 4) is 0 Å². The van der Waals surface area contributed by atoms with Crippen molar-refractivity contribution in [1.82, 2.24) is 0 Å². The van der Waals surface area contributed by atoms with Crippen LogP contribution in [-0.4, -0.2) is 55.5 Å². The molecule has 0 radical (unpaired) electrons. The molecule has 0 amide bonds. The van der Waals surface area contributed by atoms with E-state index in [0.717, 1.165) is 12.8 Å². The minimum absolute atomic E-state index is 0. The van der Waals surface area contributed by atoms with E-state index >= 15 is 0 Å². The molecule has 0 aromatic heterocycles. The van der Waals surface area contributed by atoms with Crippen LogP contribution < -0.4 is 9.79 Å². The van der Waals surface area contributed by atoms with Crippen molar-refractivity contribution in [2.75, 3.05) is 6.61 Å². The fourth-order valence-electron chi connectivity index (χ4n) is 1.06. The van der Waals surface area contributed by atoms with Gasteiger partial charge in [0.2, 0.25) is 0 Å². The molecule has 0 N–H and O–H groups in total. The van der Waals surface area contributed by atoms with E-state index in [1.54, 1.807) is 0 Å². The van der Waals surface area contributed by atoms with E-state index in [-0.39, 0.29) is 55.5 Å². The van der Waals surface area contributed by atoms with E-state index in [1.165, 1.54) is 19.3 Å². The van der Waals surface area contributed by atoms with Gasteiger partial charge in [-0.2, -0.15) is 0 Å². The molecule has 0 spiro atoms. The van der Waals surface area contributed by atoms with Crippen molar-refractivity contribution in [2.45, 2.75) is 45.4 Å². The van der Waals surface area contributed by atoms with Gasteiger partial charge in [0.25, 0.3) is 0 Å². The SMILES string of the molecule is CCCCCCCCOP(=O)([O-])[O-].[Ba+2]. The average molecular weight is 346 g/mol. The minimum atomic E-state index is -4.73. The molecule has 0 aliphatic heterocycles. The Morgan fingerprint density at radius 1 is 1.07 bits per heavy atom. The van der Waals surface area contributed by atoms with E-state index < -0.39 is 7.82 Å². The molecular formula is C8H17BaO4P. The van der Waals surface area contributed by atoms with E-state index in [1.807, 2.05) is 0 Å². The monoisotopic (exact) mass is 346 g/mol. The average Bonchev–Trinajstić information content (AvgIpc) is 2.01. The van der Waals surface area contributed by atoms with Crippen LogP contribution in [0.1, 0.15) is 45.4 Å². The third kappa shape index (κ3) is 16.1. The van der Waals surface area contributed by atoms with Gasteiger partial charge in [0, 0.05) is 0 Å². The van der Waals surface area contributed by atoms with Crippen molar-refractivity contribution in [3.63, 3.8) is 0 Å². The molecule has 0 atom stereocenters. The molecule has 0 aromatic carbocycles. The normalized spacial score (nSPS) is 11.1. The smallest absolute Gasteiger partial charge is 0.790 e. The van der Waals surface area contributed by atoms with Gasteiger partial charge in [-0.15, -0.1) is 0 Å². The van der Waals surface area contributed by atoms with E-state index in [4.69, 9.17) is 0 Å². The molecule has 0 aromatic rings. The molecule has 0 bridgehead atoms. The van der Waals surface area contributed by atoms with Gasteiger partial charge in [0.05, 0.1) is 14.4 Å². The third-order valence-electron chi connectivity index (χ3n) is 1.75. The first kappa shape index (κ1) is 18.1. The Morgan fingerprint density at radius 3 is 2.07 bits per heavy atom. The third-order valence-corrected chi connectivity index (χ3v) is 2.25. The number of phosphoric ester groups is 1. The molecule has 0 saturated heterocycles. The Kier molecular flexibility index (Phi) is 14.4. The van der Waals surface area contributed by atoms with Gasteiger partial charge in [0.1, 0.15) is 0 Å². The standard InChI is InChI=1S/C8H19O4P.Ba/c1-2-3-4-5-6-7-8-12-13(9,10)11;/h2-8H2,1H3,(H2,9,10,11);/q;+2/p-2. The maximum Gasteiger partial charge on any atom is 2.00 e. The minimum Gasteiger partial charge on any atom is -0.790 e. The summed E-state index contributed by atoms with van der Waals surface area (Å²) in [6, 6.07) is 0. The maximum atomic E-state index is 10.0. The Hall–Kier alpha value is 1.68. The Morgan fingerprint density at radius 2 is 1.57 bits per heavy atom. The molecule has 4 nitrogen and oxygen atoms in total. The van der Waals surface area contributed by atoms with Crippen LogP contribution in [0.2, 0.25) is 0 Å². The van der Waals surface area contributed by atoms with Crippen LogP contribution in [0.5, 0.6) is 0 Å². The molecular weight excluding hydrogens is 328 g/mol. The van der Waals surface area contributed by atoms with Crippen molar-refractivity contribution in [1.29, 1.82) is 0 Å². The summed E-state index contributed by atoms with van der Waals surface area (Å²) < 4.78 is 14.1. The van der Waals surface area contributed by atoms with Crippen LogP contribution in [0.15, 0.2) is 0 Å². The predicted molar refractivity (Wildman–Crippen MR) is 52.7 cm³/mol.